The Morgan fingerprint density at radius 1 is 1.47 bits per heavy atom. The van der Waals surface area contributed by atoms with Gasteiger partial charge in [-0.05, 0) is 30.7 Å². The highest BCUT2D eigenvalue weighted by atomic mass is 19.1. The molecule has 1 atom stereocenters. The molecular weight excluding hydrogens is 255 g/mol. The summed E-state index contributed by atoms with van der Waals surface area (Å²) >= 11 is 0. The van der Waals surface area contributed by atoms with Gasteiger partial charge in [0.05, 0.1) is 6.54 Å². The second-order valence-electron chi connectivity index (χ2n) is 3.86. The van der Waals surface area contributed by atoms with Crippen molar-refractivity contribution in [3.8, 4) is 0 Å². The molecule has 1 aromatic carbocycles. The minimum absolute atomic E-state index is 0.169. The maximum Gasteiger partial charge on any atom is 0.334 e. The van der Waals surface area contributed by atoms with Crippen molar-refractivity contribution in [1.29, 1.82) is 0 Å². The summed E-state index contributed by atoms with van der Waals surface area (Å²) in [6, 6.07) is 3.53. The zero-order valence-corrected chi connectivity index (χ0v) is 10.6. The van der Waals surface area contributed by atoms with E-state index in [0.29, 0.717) is 11.3 Å². The van der Waals surface area contributed by atoms with Gasteiger partial charge < -0.3 is 20.5 Å². The number of hydrogen-bond acceptors (Lipinski definition) is 3. The van der Waals surface area contributed by atoms with E-state index in [9.17, 15) is 14.0 Å². The number of carboxylic acid groups (broad SMARTS) is 1. The van der Waals surface area contributed by atoms with Crippen molar-refractivity contribution < 1.29 is 23.8 Å². The van der Waals surface area contributed by atoms with Gasteiger partial charge in [0.2, 0.25) is 0 Å². The number of halogens is 1. The van der Waals surface area contributed by atoms with Crippen LogP contribution in [0.3, 0.4) is 0 Å². The predicted molar refractivity (Wildman–Crippen MR) is 66.6 cm³/mol. The van der Waals surface area contributed by atoms with E-state index in [0.717, 1.165) is 0 Å². The third kappa shape index (κ3) is 4.55. The highest BCUT2D eigenvalue weighted by Gasteiger charge is 2.17. The molecule has 0 fully saturated rings. The number of aliphatic carboxylic acids is 1. The maximum absolute atomic E-state index is 13.0. The van der Waals surface area contributed by atoms with Gasteiger partial charge in [0.1, 0.15) is 5.82 Å². The summed E-state index contributed by atoms with van der Waals surface area (Å²) in [5.41, 5.74) is 0.818. The summed E-state index contributed by atoms with van der Waals surface area (Å²) in [5, 5.41) is 13.5. The molecule has 1 unspecified atom stereocenters. The van der Waals surface area contributed by atoms with Crippen molar-refractivity contribution in [1.82, 2.24) is 5.32 Å². The molecule has 0 saturated heterocycles. The van der Waals surface area contributed by atoms with E-state index in [2.05, 4.69) is 15.4 Å². The molecule has 7 heteroatoms. The van der Waals surface area contributed by atoms with Gasteiger partial charge in [-0.2, -0.15) is 0 Å². The monoisotopic (exact) mass is 270 g/mol. The Hall–Kier alpha value is -2.15. The van der Waals surface area contributed by atoms with Gasteiger partial charge in [0.25, 0.3) is 0 Å². The van der Waals surface area contributed by atoms with E-state index in [-0.39, 0.29) is 12.4 Å². The number of hydrogen-bond donors (Lipinski definition) is 3. The Kier molecular flexibility index (Phi) is 5.25. The van der Waals surface area contributed by atoms with Crippen molar-refractivity contribution in [3.63, 3.8) is 0 Å². The molecule has 104 valence electrons. The number of carbonyl (C=O) groups is 2. The van der Waals surface area contributed by atoms with Gasteiger partial charge in [-0.1, -0.05) is 0 Å². The topological polar surface area (TPSA) is 87.7 Å². The van der Waals surface area contributed by atoms with Crippen LogP contribution in [0, 0.1) is 12.7 Å². The number of methoxy groups -OCH3 is 1. The van der Waals surface area contributed by atoms with Crippen LogP contribution in [-0.4, -0.2) is 36.9 Å². The smallest absolute Gasteiger partial charge is 0.334 e. The average molecular weight is 270 g/mol. The number of benzene rings is 1. The molecule has 0 saturated carbocycles. The molecule has 0 aliphatic rings. The quantitative estimate of drug-likeness (QED) is 0.753. The molecule has 0 spiro atoms. The molecule has 1 aromatic rings. The van der Waals surface area contributed by atoms with E-state index in [4.69, 9.17) is 5.11 Å². The molecule has 3 N–H and O–H groups in total. The van der Waals surface area contributed by atoms with Gasteiger partial charge in [-0.15, -0.1) is 0 Å². The van der Waals surface area contributed by atoms with Crippen LogP contribution in [0.15, 0.2) is 18.2 Å². The molecule has 1 rings (SSSR count). The summed E-state index contributed by atoms with van der Waals surface area (Å²) in [7, 11) is 1.24. The first kappa shape index (κ1) is 14.9. The van der Waals surface area contributed by atoms with Crippen molar-refractivity contribution >= 4 is 17.7 Å². The van der Waals surface area contributed by atoms with E-state index >= 15 is 0 Å². The molecule has 0 bridgehead atoms. The van der Waals surface area contributed by atoms with Crippen LogP contribution in [0.2, 0.25) is 0 Å². The van der Waals surface area contributed by atoms with Crippen LogP contribution in [-0.2, 0) is 9.53 Å². The lowest BCUT2D eigenvalue weighted by Gasteiger charge is -2.12. The SMILES string of the molecule is COC(CNC(=O)Nc1ccc(F)c(C)c1)C(=O)O. The van der Waals surface area contributed by atoms with E-state index in [1.165, 1.54) is 25.3 Å². The second-order valence-corrected chi connectivity index (χ2v) is 3.86. The van der Waals surface area contributed by atoms with Gasteiger partial charge >= 0.3 is 12.0 Å². The lowest BCUT2D eigenvalue weighted by atomic mass is 10.2. The van der Waals surface area contributed by atoms with E-state index in [1.807, 2.05) is 0 Å². The number of carbonyl (C=O) groups excluding carboxylic acids is 1. The molecule has 0 aromatic heterocycles. The predicted octanol–water partition coefficient (Wildman–Crippen LogP) is 1.36. The first-order valence-electron chi connectivity index (χ1n) is 5.50. The summed E-state index contributed by atoms with van der Waals surface area (Å²) in [6.07, 6.45) is -1.11. The zero-order valence-electron chi connectivity index (χ0n) is 10.6. The minimum atomic E-state index is -1.17. The number of aryl methyl sites for hydroxylation is 1. The molecule has 0 heterocycles. The number of anilines is 1. The van der Waals surface area contributed by atoms with E-state index in [1.54, 1.807) is 6.92 Å². The number of ether oxygens (including phenoxy) is 1. The number of rotatable bonds is 5. The van der Waals surface area contributed by atoms with Gasteiger partial charge in [-0.25, -0.2) is 14.0 Å². The summed E-state index contributed by atoms with van der Waals surface area (Å²) in [4.78, 5) is 22.1. The third-order valence-electron chi connectivity index (χ3n) is 2.42. The molecule has 2 amide bonds. The fourth-order valence-corrected chi connectivity index (χ4v) is 1.35. The lowest BCUT2D eigenvalue weighted by molar-refractivity contribution is -0.147. The zero-order chi connectivity index (χ0) is 14.4. The third-order valence-corrected chi connectivity index (χ3v) is 2.42. The van der Waals surface area contributed by atoms with Crippen LogP contribution in [0.4, 0.5) is 14.9 Å². The Labute approximate surface area is 109 Å². The van der Waals surface area contributed by atoms with Crippen molar-refractivity contribution in [2.45, 2.75) is 13.0 Å². The summed E-state index contributed by atoms with van der Waals surface area (Å²) in [6.45, 7) is 1.40. The largest absolute Gasteiger partial charge is 0.479 e. The normalized spacial score (nSPS) is 11.7. The summed E-state index contributed by atoms with van der Waals surface area (Å²) < 4.78 is 17.7. The minimum Gasteiger partial charge on any atom is -0.479 e. The average Bonchev–Trinajstić information content (AvgIpc) is 2.34. The van der Waals surface area contributed by atoms with Crippen molar-refractivity contribution in [3.05, 3.63) is 29.6 Å². The molecule has 19 heavy (non-hydrogen) atoms. The van der Waals surface area contributed by atoms with Gasteiger partial charge in [0, 0.05) is 12.8 Å². The highest BCUT2D eigenvalue weighted by molar-refractivity contribution is 5.89. The van der Waals surface area contributed by atoms with Crippen molar-refractivity contribution in [2.24, 2.45) is 0 Å². The van der Waals surface area contributed by atoms with E-state index < -0.39 is 18.1 Å². The van der Waals surface area contributed by atoms with Crippen molar-refractivity contribution in [2.75, 3.05) is 19.0 Å². The highest BCUT2D eigenvalue weighted by Crippen LogP contribution is 2.13. The molecule has 0 aliphatic carbocycles. The maximum atomic E-state index is 13.0. The van der Waals surface area contributed by atoms with Crippen LogP contribution in [0.1, 0.15) is 5.56 Å². The fourth-order valence-electron chi connectivity index (χ4n) is 1.35. The fraction of sp³-hybridized carbons (Fsp3) is 0.333. The molecule has 0 aliphatic heterocycles. The molecule has 0 radical (unpaired) electrons. The lowest BCUT2D eigenvalue weighted by Crippen LogP contribution is -2.39. The first-order valence-corrected chi connectivity index (χ1v) is 5.50. The Morgan fingerprint density at radius 3 is 2.68 bits per heavy atom. The van der Waals surface area contributed by atoms with Crippen LogP contribution in [0.25, 0.3) is 0 Å². The number of carboxylic acids is 1. The summed E-state index contributed by atoms with van der Waals surface area (Å²) in [5.74, 6) is -1.53. The van der Waals surface area contributed by atoms with Gasteiger partial charge in [0.15, 0.2) is 6.10 Å². The van der Waals surface area contributed by atoms with Crippen LogP contribution < -0.4 is 10.6 Å². The van der Waals surface area contributed by atoms with Crippen LogP contribution >= 0.6 is 0 Å². The Morgan fingerprint density at radius 2 is 2.16 bits per heavy atom. The number of nitrogens with one attached hydrogen (secondary N) is 2. The number of urea groups is 1. The molecule has 6 nitrogen and oxygen atoms in total. The number of amides is 2. The standard InChI is InChI=1S/C12H15FN2O4/c1-7-5-8(3-4-9(7)13)15-12(18)14-6-10(19-2)11(16)17/h3-5,10H,6H2,1-2H3,(H,16,17)(H2,14,15,18). The Balaban J connectivity index is 2.51. The van der Waals surface area contributed by atoms with Crippen LogP contribution in [0.5, 0.6) is 0 Å². The van der Waals surface area contributed by atoms with Gasteiger partial charge in [-0.3, -0.25) is 0 Å². The second kappa shape index (κ2) is 6.69. The molecular formula is C12H15FN2O4. The first-order chi connectivity index (χ1) is 8.93. The Bertz CT molecular complexity index is 479.